The molecular weight excluding hydrogens is 148 g/mol. The van der Waals surface area contributed by atoms with Gasteiger partial charge in [0, 0.05) is 12.2 Å². The van der Waals surface area contributed by atoms with Gasteiger partial charge in [-0.3, -0.25) is 0 Å². The van der Waals surface area contributed by atoms with Crippen LogP contribution in [0.2, 0.25) is 0 Å². The summed E-state index contributed by atoms with van der Waals surface area (Å²) >= 11 is 0. The number of diazo groups is 1. The van der Waals surface area contributed by atoms with Crippen LogP contribution in [-0.2, 0) is 0 Å². The quantitative estimate of drug-likeness (QED) is 0.459. The highest BCUT2D eigenvalue weighted by molar-refractivity contribution is 5.32. The SMILES string of the molecule is C=CC(=CC(=CC)CCC)[N+]#N. The van der Waals surface area contributed by atoms with E-state index in [2.05, 4.69) is 18.5 Å². The summed E-state index contributed by atoms with van der Waals surface area (Å²) in [6.07, 6.45) is 7.46. The maximum Gasteiger partial charge on any atom is 0.384 e. The van der Waals surface area contributed by atoms with Gasteiger partial charge in [-0.15, -0.1) is 0 Å². The molecule has 0 atom stereocenters. The number of allylic oxidation sites excluding steroid dienone is 4. The summed E-state index contributed by atoms with van der Waals surface area (Å²) in [5.74, 6) is 0. The van der Waals surface area contributed by atoms with Crippen molar-refractivity contribution >= 4 is 0 Å². The molecule has 0 spiro atoms. The van der Waals surface area contributed by atoms with E-state index in [0.29, 0.717) is 5.70 Å². The molecule has 0 aliphatic rings. The van der Waals surface area contributed by atoms with Crippen LogP contribution >= 0.6 is 0 Å². The van der Waals surface area contributed by atoms with Crippen molar-refractivity contribution in [3.05, 3.63) is 41.1 Å². The van der Waals surface area contributed by atoms with Crippen molar-refractivity contribution < 1.29 is 0 Å². The average molecular weight is 163 g/mol. The van der Waals surface area contributed by atoms with Crippen molar-refractivity contribution in [1.82, 2.24) is 0 Å². The first-order chi connectivity index (χ1) is 5.78. The van der Waals surface area contributed by atoms with Crippen molar-refractivity contribution in [3.63, 3.8) is 0 Å². The summed E-state index contributed by atoms with van der Waals surface area (Å²) in [7, 11) is 0. The smallest absolute Gasteiger partial charge is 0.0910 e. The molecule has 2 nitrogen and oxygen atoms in total. The van der Waals surface area contributed by atoms with Gasteiger partial charge in [-0.05, 0) is 18.9 Å². The number of hydrogen-bond acceptors (Lipinski definition) is 1. The molecule has 0 N–H and O–H groups in total. The van der Waals surface area contributed by atoms with E-state index in [1.54, 1.807) is 0 Å². The topological polar surface area (TPSA) is 28.1 Å². The summed E-state index contributed by atoms with van der Waals surface area (Å²) in [5.41, 5.74) is 1.68. The maximum atomic E-state index is 8.50. The molecule has 0 saturated carbocycles. The highest BCUT2D eigenvalue weighted by atomic mass is 14.8. The van der Waals surface area contributed by atoms with Crippen molar-refractivity contribution in [1.29, 1.82) is 5.39 Å². The van der Waals surface area contributed by atoms with E-state index in [4.69, 9.17) is 5.39 Å². The fourth-order valence-corrected chi connectivity index (χ4v) is 0.907. The minimum absolute atomic E-state index is 0.511. The van der Waals surface area contributed by atoms with Crippen LogP contribution in [-0.4, -0.2) is 0 Å². The fraction of sp³-hybridized carbons (Fsp3) is 0.400. The fourth-order valence-electron chi connectivity index (χ4n) is 0.907. The van der Waals surface area contributed by atoms with Crippen molar-refractivity contribution in [2.75, 3.05) is 0 Å². The lowest BCUT2D eigenvalue weighted by Gasteiger charge is -1.93. The molecule has 12 heavy (non-hydrogen) atoms. The molecule has 0 heterocycles. The number of rotatable bonds is 4. The Kier molecular flexibility index (Phi) is 5.64. The van der Waals surface area contributed by atoms with Gasteiger partial charge in [-0.25, -0.2) is 0 Å². The van der Waals surface area contributed by atoms with Gasteiger partial charge in [0.25, 0.3) is 0 Å². The second-order valence-corrected chi connectivity index (χ2v) is 2.49. The monoisotopic (exact) mass is 163 g/mol. The highest BCUT2D eigenvalue weighted by Crippen LogP contribution is 2.10. The third-order valence-corrected chi connectivity index (χ3v) is 1.57. The molecule has 0 aromatic heterocycles. The van der Waals surface area contributed by atoms with E-state index in [1.165, 1.54) is 11.6 Å². The predicted octanol–water partition coefficient (Wildman–Crippen LogP) is 3.66. The van der Waals surface area contributed by atoms with E-state index in [9.17, 15) is 0 Å². The Hall–Kier alpha value is -1.36. The Morgan fingerprint density at radius 2 is 2.25 bits per heavy atom. The zero-order valence-corrected chi connectivity index (χ0v) is 7.75. The zero-order chi connectivity index (χ0) is 9.40. The zero-order valence-electron chi connectivity index (χ0n) is 7.75. The average Bonchev–Trinajstić information content (AvgIpc) is 2.12. The third-order valence-electron chi connectivity index (χ3n) is 1.57. The van der Waals surface area contributed by atoms with Gasteiger partial charge in [-0.1, -0.05) is 26.0 Å². The van der Waals surface area contributed by atoms with Crippen LogP contribution < -0.4 is 0 Å². The molecule has 0 unspecified atom stereocenters. The first-order valence-electron chi connectivity index (χ1n) is 4.12. The molecule has 0 saturated heterocycles. The first-order valence-corrected chi connectivity index (χ1v) is 4.12. The molecule has 0 radical (unpaired) electrons. The lowest BCUT2D eigenvalue weighted by Crippen LogP contribution is -1.78. The van der Waals surface area contributed by atoms with Gasteiger partial charge in [0.1, 0.15) is 0 Å². The van der Waals surface area contributed by atoms with Crippen LogP contribution in [0.4, 0.5) is 0 Å². The minimum atomic E-state index is 0.511. The molecule has 0 aromatic carbocycles. The Morgan fingerprint density at radius 3 is 2.58 bits per heavy atom. The van der Waals surface area contributed by atoms with Gasteiger partial charge < -0.3 is 0 Å². The molecule has 0 fully saturated rings. The molecule has 2 heteroatoms. The van der Waals surface area contributed by atoms with Gasteiger partial charge in [0.2, 0.25) is 5.39 Å². The van der Waals surface area contributed by atoms with Crippen LogP contribution in [0.5, 0.6) is 0 Å². The predicted molar refractivity (Wildman–Crippen MR) is 52.0 cm³/mol. The summed E-state index contributed by atoms with van der Waals surface area (Å²) in [6, 6.07) is 0. The van der Waals surface area contributed by atoms with E-state index < -0.39 is 0 Å². The molecule has 0 rings (SSSR count). The number of nitrogens with zero attached hydrogens (tertiary/aromatic N) is 2. The Balaban J connectivity index is 4.47. The van der Waals surface area contributed by atoms with Crippen LogP contribution in [0.1, 0.15) is 26.7 Å². The van der Waals surface area contributed by atoms with Crippen molar-refractivity contribution in [2.45, 2.75) is 26.7 Å². The minimum Gasteiger partial charge on any atom is -0.0910 e. The second-order valence-electron chi connectivity index (χ2n) is 2.49. The van der Waals surface area contributed by atoms with Crippen LogP contribution in [0.3, 0.4) is 0 Å². The lowest BCUT2D eigenvalue weighted by molar-refractivity contribution is 0.923. The summed E-state index contributed by atoms with van der Waals surface area (Å²) < 4.78 is 0. The van der Waals surface area contributed by atoms with Gasteiger partial charge in [0.15, 0.2) is 4.98 Å². The largest absolute Gasteiger partial charge is 0.384 e. The normalized spacial score (nSPS) is 12.4. The van der Waals surface area contributed by atoms with Gasteiger partial charge in [-0.2, -0.15) is 0 Å². The molecule has 0 aliphatic carbocycles. The second kappa shape index (κ2) is 6.36. The third kappa shape index (κ3) is 3.72. The van der Waals surface area contributed by atoms with Crippen LogP contribution in [0.15, 0.2) is 36.1 Å². The lowest BCUT2D eigenvalue weighted by atomic mass is 10.1. The molecule has 64 valence electrons. The van der Waals surface area contributed by atoms with Gasteiger partial charge in [0.05, 0.1) is 0 Å². The molecular formula is C10H15N2+. The highest BCUT2D eigenvalue weighted by Gasteiger charge is 2.03. The molecule has 0 amide bonds. The Bertz CT molecular complexity index is 241. The van der Waals surface area contributed by atoms with E-state index in [0.717, 1.165) is 12.8 Å². The standard InChI is InChI=1S/C10H15N2/c1-4-7-9(5-2)8-10(6-3)12-11/h5-6,8H,3-4,7H2,1-2H3/q+1. The molecule has 0 bridgehead atoms. The number of hydrogen-bond donors (Lipinski definition) is 0. The van der Waals surface area contributed by atoms with Crippen molar-refractivity contribution in [2.24, 2.45) is 0 Å². The summed E-state index contributed by atoms with van der Waals surface area (Å²) in [4.78, 5) is 3.08. The molecule has 0 aromatic rings. The van der Waals surface area contributed by atoms with Crippen molar-refractivity contribution in [3.8, 4) is 0 Å². The van der Waals surface area contributed by atoms with Gasteiger partial charge >= 0.3 is 5.70 Å². The Labute approximate surface area is 73.9 Å². The summed E-state index contributed by atoms with van der Waals surface area (Å²) in [6.45, 7) is 7.61. The van der Waals surface area contributed by atoms with E-state index in [-0.39, 0.29) is 0 Å². The van der Waals surface area contributed by atoms with E-state index >= 15 is 0 Å². The molecule has 0 aliphatic heterocycles. The summed E-state index contributed by atoms with van der Waals surface area (Å²) in [5, 5.41) is 8.50. The van der Waals surface area contributed by atoms with Crippen LogP contribution in [0, 0.1) is 5.39 Å². The first kappa shape index (κ1) is 10.6. The van der Waals surface area contributed by atoms with Crippen LogP contribution in [0.25, 0.3) is 4.98 Å². The van der Waals surface area contributed by atoms with E-state index in [1.807, 2.05) is 19.1 Å². The Morgan fingerprint density at radius 1 is 1.58 bits per heavy atom. The maximum absolute atomic E-state index is 8.50.